The van der Waals surface area contributed by atoms with E-state index in [2.05, 4.69) is 25.6 Å². The third-order valence-corrected chi connectivity index (χ3v) is 4.69. The minimum atomic E-state index is -4.24. The zero-order valence-corrected chi connectivity index (χ0v) is 13.1. The normalized spacial score (nSPS) is 11.8. The van der Waals surface area contributed by atoms with E-state index >= 15 is 0 Å². The number of halogens is 3. The van der Waals surface area contributed by atoms with Gasteiger partial charge in [0.05, 0.1) is 5.69 Å². The quantitative estimate of drug-likeness (QED) is 0.742. The van der Waals surface area contributed by atoms with Gasteiger partial charge in [-0.05, 0) is 24.3 Å². The summed E-state index contributed by atoms with van der Waals surface area (Å²) in [7, 11) is -4.24. The zero-order valence-electron chi connectivity index (χ0n) is 10.7. The van der Waals surface area contributed by atoms with Crippen LogP contribution in [-0.4, -0.2) is 13.4 Å². The summed E-state index contributed by atoms with van der Waals surface area (Å²) in [6.07, 6.45) is 1.16. The first-order chi connectivity index (χ1) is 10.4. The Hall–Kier alpha value is -2.00. The highest BCUT2D eigenvalue weighted by molar-refractivity contribution is 9.10. The second kappa shape index (κ2) is 5.33. The smallest absolute Gasteiger partial charge is 0.264 e. The molecule has 22 heavy (non-hydrogen) atoms. The van der Waals surface area contributed by atoms with Crippen LogP contribution in [0.15, 0.2) is 50.5 Å². The first-order valence-corrected chi connectivity index (χ1v) is 8.15. The van der Waals surface area contributed by atoms with Gasteiger partial charge >= 0.3 is 0 Å². The van der Waals surface area contributed by atoms with Crippen molar-refractivity contribution in [2.45, 2.75) is 4.90 Å². The fourth-order valence-electron chi connectivity index (χ4n) is 1.90. The van der Waals surface area contributed by atoms with E-state index in [9.17, 15) is 17.2 Å². The SMILES string of the molecule is O=S(=O)(Nc1cc(Br)cc2ocnc12)c1ccc(F)cc1F. The molecule has 0 aliphatic carbocycles. The number of benzene rings is 2. The molecule has 114 valence electrons. The van der Waals surface area contributed by atoms with Crippen LogP contribution in [0.25, 0.3) is 11.1 Å². The molecule has 0 atom stereocenters. The average molecular weight is 389 g/mol. The summed E-state index contributed by atoms with van der Waals surface area (Å²) < 4.78 is 59.0. The van der Waals surface area contributed by atoms with Gasteiger partial charge in [0.25, 0.3) is 10.0 Å². The van der Waals surface area contributed by atoms with Crippen molar-refractivity contribution in [3.8, 4) is 0 Å². The van der Waals surface area contributed by atoms with Crippen molar-refractivity contribution in [3.63, 3.8) is 0 Å². The second-order valence-corrected chi connectivity index (χ2v) is 6.90. The Kier molecular flexibility index (Phi) is 3.61. The van der Waals surface area contributed by atoms with Crippen LogP contribution in [-0.2, 0) is 10.0 Å². The lowest BCUT2D eigenvalue weighted by molar-refractivity contribution is 0.551. The Morgan fingerprint density at radius 1 is 1.18 bits per heavy atom. The van der Waals surface area contributed by atoms with E-state index in [1.807, 2.05) is 0 Å². The summed E-state index contributed by atoms with van der Waals surface area (Å²) >= 11 is 3.21. The lowest BCUT2D eigenvalue weighted by Gasteiger charge is -2.09. The van der Waals surface area contributed by atoms with Gasteiger partial charge in [-0.15, -0.1) is 0 Å². The van der Waals surface area contributed by atoms with Gasteiger partial charge in [-0.2, -0.15) is 0 Å². The third-order valence-electron chi connectivity index (χ3n) is 2.83. The minimum Gasteiger partial charge on any atom is -0.443 e. The van der Waals surface area contributed by atoms with Crippen LogP contribution < -0.4 is 4.72 Å². The number of fused-ring (bicyclic) bond motifs is 1. The van der Waals surface area contributed by atoms with E-state index < -0.39 is 26.6 Å². The van der Waals surface area contributed by atoms with Crippen molar-refractivity contribution >= 4 is 42.7 Å². The maximum Gasteiger partial charge on any atom is 0.264 e. The van der Waals surface area contributed by atoms with Crippen LogP contribution >= 0.6 is 15.9 Å². The molecule has 2 aromatic carbocycles. The zero-order chi connectivity index (χ0) is 15.9. The van der Waals surface area contributed by atoms with E-state index in [1.54, 1.807) is 6.07 Å². The first kappa shape index (κ1) is 14.9. The van der Waals surface area contributed by atoms with Crippen LogP contribution in [0, 0.1) is 11.6 Å². The summed E-state index contributed by atoms with van der Waals surface area (Å²) in [5.74, 6) is -2.04. The van der Waals surface area contributed by atoms with Crippen LogP contribution in [0.4, 0.5) is 14.5 Å². The van der Waals surface area contributed by atoms with Gasteiger partial charge < -0.3 is 4.42 Å². The third kappa shape index (κ3) is 2.69. The monoisotopic (exact) mass is 388 g/mol. The number of anilines is 1. The highest BCUT2D eigenvalue weighted by Gasteiger charge is 2.21. The van der Waals surface area contributed by atoms with Gasteiger partial charge in [-0.25, -0.2) is 22.2 Å². The van der Waals surface area contributed by atoms with E-state index in [1.165, 1.54) is 6.07 Å². The van der Waals surface area contributed by atoms with E-state index in [-0.39, 0.29) is 11.2 Å². The van der Waals surface area contributed by atoms with E-state index in [0.29, 0.717) is 16.1 Å². The Bertz CT molecular complexity index is 973. The molecule has 1 aromatic heterocycles. The summed E-state index contributed by atoms with van der Waals surface area (Å²) in [5, 5.41) is 0. The van der Waals surface area contributed by atoms with Crippen LogP contribution in [0.2, 0.25) is 0 Å². The van der Waals surface area contributed by atoms with Crippen molar-refractivity contribution < 1.29 is 21.6 Å². The molecular formula is C13H7BrF2N2O3S. The number of oxazole rings is 1. The standard InChI is InChI=1S/C13H7BrF2N2O3S/c14-7-3-10(13-11(4-7)21-6-17-13)18-22(19,20)12-2-1-8(15)5-9(12)16/h1-6,18H. The molecule has 9 heteroatoms. The van der Waals surface area contributed by atoms with E-state index in [4.69, 9.17) is 4.42 Å². The molecule has 3 aromatic rings. The van der Waals surface area contributed by atoms with Gasteiger partial charge in [0, 0.05) is 10.5 Å². The van der Waals surface area contributed by atoms with Crippen LogP contribution in [0.3, 0.4) is 0 Å². The molecule has 0 aliphatic rings. The molecular weight excluding hydrogens is 382 g/mol. The summed E-state index contributed by atoms with van der Waals surface area (Å²) in [6, 6.07) is 5.29. The molecule has 1 heterocycles. The van der Waals surface area contributed by atoms with Crippen LogP contribution in [0.5, 0.6) is 0 Å². The van der Waals surface area contributed by atoms with Crippen LogP contribution in [0.1, 0.15) is 0 Å². The van der Waals surface area contributed by atoms with E-state index in [0.717, 1.165) is 18.5 Å². The lowest BCUT2D eigenvalue weighted by atomic mass is 10.3. The van der Waals surface area contributed by atoms with Crippen molar-refractivity contribution in [2.24, 2.45) is 0 Å². The van der Waals surface area contributed by atoms with Crippen molar-refractivity contribution in [1.82, 2.24) is 4.98 Å². The molecule has 0 amide bonds. The van der Waals surface area contributed by atoms with Crippen molar-refractivity contribution in [1.29, 1.82) is 0 Å². The fourth-order valence-corrected chi connectivity index (χ4v) is 3.46. The van der Waals surface area contributed by atoms with Crippen molar-refractivity contribution in [2.75, 3.05) is 4.72 Å². The highest BCUT2D eigenvalue weighted by atomic mass is 79.9. The summed E-state index contributed by atoms with van der Waals surface area (Å²) in [4.78, 5) is 3.24. The molecule has 0 saturated heterocycles. The number of nitrogens with one attached hydrogen (secondary N) is 1. The number of rotatable bonds is 3. The van der Waals surface area contributed by atoms with Gasteiger partial charge in [0.2, 0.25) is 0 Å². The summed E-state index contributed by atoms with van der Waals surface area (Å²) in [5.41, 5.74) is 0.739. The Labute approximate surface area is 132 Å². The second-order valence-electron chi connectivity index (χ2n) is 4.33. The molecule has 5 nitrogen and oxygen atoms in total. The predicted molar refractivity (Wildman–Crippen MR) is 78.9 cm³/mol. The lowest BCUT2D eigenvalue weighted by Crippen LogP contribution is -2.15. The molecule has 0 saturated carbocycles. The number of sulfonamides is 1. The highest BCUT2D eigenvalue weighted by Crippen LogP contribution is 2.29. The fraction of sp³-hybridized carbons (Fsp3) is 0. The Balaban J connectivity index is 2.08. The first-order valence-electron chi connectivity index (χ1n) is 5.87. The Morgan fingerprint density at radius 3 is 2.68 bits per heavy atom. The maximum atomic E-state index is 13.7. The minimum absolute atomic E-state index is 0.113. The molecule has 0 fully saturated rings. The van der Waals surface area contributed by atoms with Gasteiger partial charge in [0.1, 0.15) is 22.0 Å². The number of aromatic nitrogens is 1. The van der Waals surface area contributed by atoms with Gasteiger partial charge in [0.15, 0.2) is 12.0 Å². The molecule has 0 unspecified atom stereocenters. The largest absolute Gasteiger partial charge is 0.443 e. The topological polar surface area (TPSA) is 72.2 Å². The molecule has 0 bridgehead atoms. The number of nitrogens with zero attached hydrogens (tertiary/aromatic N) is 1. The van der Waals surface area contributed by atoms with Crippen molar-refractivity contribution in [3.05, 3.63) is 52.8 Å². The Morgan fingerprint density at radius 2 is 1.95 bits per heavy atom. The molecule has 1 N–H and O–H groups in total. The predicted octanol–water partition coefficient (Wildman–Crippen LogP) is 3.67. The number of hydrogen-bond donors (Lipinski definition) is 1. The van der Waals surface area contributed by atoms with Gasteiger partial charge in [-0.1, -0.05) is 15.9 Å². The van der Waals surface area contributed by atoms with Gasteiger partial charge in [-0.3, -0.25) is 4.72 Å². The molecule has 0 aliphatic heterocycles. The average Bonchev–Trinajstić information content (AvgIpc) is 2.85. The number of hydrogen-bond acceptors (Lipinski definition) is 4. The summed E-state index contributed by atoms with van der Waals surface area (Å²) in [6.45, 7) is 0. The maximum absolute atomic E-state index is 13.7. The molecule has 3 rings (SSSR count). The molecule has 0 spiro atoms. The molecule has 0 radical (unpaired) electrons.